The number of hydrogen-bond donors (Lipinski definition) is 3. The number of aliphatic hydroxyl groups is 1. The number of fused-ring (bicyclic) bond motifs is 1. The Morgan fingerprint density at radius 2 is 1.57 bits per heavy atom. The van der Waals surface area contributed by atoms with Crippen molar-refractivity contribution >= 4 is 34.3 Å². The monoisotopic (exact) mass is 581 g/mol. The Morgan fingerprint density at radius 3 is 2.24 bits per heavy atom. The topological polar surface area (TPSA) is 100 Å². The molecule has 2 amide bonds. The number of benzene rings is 3. The number of carbonyl (C=O) groups is 2. The van der Waals surface area contributed by atoms with E-state index in [9.17, 15) is 19.5 Å². The largest absolute Gasteiger partial charge is 0.390 e. The van der Waals surface area contributed by atoms with Crippen LogP contribution in [0.2, 0.25) is 5.02 Å². The first-order valence-corrected chi connectivity index (χ1v) is 14.9. The van der Waals surface area contributed by atoms with Gasteiger partial charge < -0.3 is 20.3 Å². The molecular formula is C34H32ClN3O4. The zero-order valence-electron chi connectivity index (χ0n) is 23.1. The van der Waals surface area contributed by atoms with Crippen LogP contribution in [0, 0.1) is 17.8 Å². The van der Waals surface area contributed by atoms with Gasteiger partial charge in [-0.25, -0.2) is 0 Å². The highest BCUT2D eigenvalue weighted by atomic mass is 35.5. The fourth-order valence-electron chi connectivity index (χ4n) is 7.78. The maximum atomic E-state index is 13.3. The molecule has 4 aliphatic carbocycles. The zero-order chi connectivity index (χ0) is 29.0. The van der Waals surface area contributed by atoms with E-state index >= 15 is 0 Å². The van der Waals surface area contributed by atoms with Crippen LogP contribution < -0.4 is 16.1 Å². The van der Waals surface area contributed by atoms with Crippen LogP contribution in [0.3, 0.4) is 0 Å². The Bertz CT molecular complexity index is 1730. The SMILES string of the molecule is O=C(NCc1cn(-c2ccccc2)c2cc(Cl)ccc2c1=O)c1ccc(C(=O)NC2[C@@H]3CC4C[C@@H]2CC(O)(C4)C3)cc1. The van der Waals surface area contributed by atoms with Gasteiger partial charge in [0.2, 0.25) is 0 Å². The second-order valence-electron chi connectivity index (χ2n) is 12.3. The van der Waals surface area contributed by atoms with Gasteiger partial charge in [0.25, 0.3) is 11.8 Å². The van der Waals surface area contributed by atoms with E-state index in [2.05, 4.69) is 10.6 Å². The van der Waals surface area contributed by atoms with E-state index in [0.29, 0.717) is 50.4 Å². The van der Waals surface area contributed by atoms with Gasteiger partial charge in [0, 0.05) is 51.6 Å². The van der Waals surface area contributed by atoms with E-state index in [1.165, 1.54) is 0 Å². The first kappa shape index (κ1) is 26.9. The lowest BCUT2D eigenvalue weighted by Crippen LogP contribution is -2.61. The number of halogens is 1. The predicted octanol–water partition coefficient (Wildman–Crippen LogP) is 5.24. The van der Waals surface area contributed by atoms with Gasteiger partial charge in [-0.3, -0.25) is 14.4 Å². The fraction of sp³-hybridized carbons (Fsp3) is 0.324. The summed E-state index contributed by atoms with van der Waals surface area (Å²) >= 11 is 6.25. The normalized spacial score (nSPS) is 25.9. The molecule has 214 valence electrons. The first-order chi connectivity index (χ1) is 20.3. The third-order valence-electron chi connectivity index (χ3n) is 9.46. The van der Waals surface area contributed by atoms with E-state index < -0.39 is 5.60 Å². The van der Waals surface area contributed by atoms with Gasteiger partial charge in [0.05, 0.1) is 11.1 Å². The van der Waals surface area contributed by atoms with Crippen LogP contribution in [0.5, 0.6) is 0 Å². The van der Waals surface area contributed by atoms with Crippen molar-refractivity contribution < 1.29 is 14.7 Å². The lowest BCUT2D eigenvalue weighted by atomic mass is 9.52. The summed E-state index contributed by atoms with van der Waals surface area (Å²) in [5.41, 5.74) is 2.19. The summed E-state index contributed by atoms with van der Waals surface area (Å²) in [5, 5.41) is 18.0. The molecular weight excluding hydrogens is 550 g/mol. The van der Waals surface area contributed by atoms with E-state index in [-0.39, 0.29) is 29.8 Å². The highest BCUT2D eigenvalue weighted by molar-refractivity contribution is 6.31. The summed E-state index contributed by atoms with van der Waals surface area (Å²) in [4.78, 5) is 39.4. The standard InChI is InChI=1S/C34H32ClN3O4/c35-26-10-11-28-29(14-26)38(27-4-2-1-3-5-27)19-25(31(28)39)18-36-32(40)21-6-8-22(9-7-21)33(41)37-30-23-12-20-13-24(30)17-34(42,15-20)16-23/h1-11,14,19-20,23-24,30,42H,12-13,15-18H2,(H,36,40)(H,37,41)/t20?,23-,24-,30?,34?/m1/s1. The van der Waals surface area contributed by atoms with Crippen LogP contribution in [-0.4, -0.2) is 33.1 Å². The molecule has 4 aromatic rings. The second-order valence-corrected chi connectivity index (χ2v) is 12.7. The van der Waals surface area contributed by atoms with Crippen LogP contribution in [0.4, 0.5) is 0 Å². The minimum Gasteiger partial charge on any atom is -0.390 e. The van der Waals surface area contributed by atoms with Crippen molar-refractivity contribution in [1.29, 1.82) is 0 Å². The predicted molar refractivity (Wildman–Crippen MR) is 162 cm³/mol. The van der Waals surface area contributed by atoms with Crippen molar-refractivity contribution in [2.75, 3.05) is 0 Å². The molecule has 8 heteroatoms. The highest BCUT2D eigenvalue weighted by Crippen LogP contribution is 2.55. The van der Waals surface area contributed by atoms with Crippen molar-refractivity contribution in [2.24, 2.45) is 17.8 Å². The maximum Gasteiger partial charge on any atom is 0.251 e. The molecule has 1 aromatic heterocycles. The molecule has 4 bridgehead atoms. The van der Waals surface area contributed by atoms with Crippen LogP contribution >= 0.6 is 11.6 Å². The molecule has 42 heavy (non-hydrogen) atoms. The van der Waals surface area contributed by atoms with Gasteiger partial charge in [0.1, 0.15) is 0 Å². The van der Waals surface area contributed by atoms with Crippen molar-refractivity contribution in [1.82, 2.24) is 15.2 Å². The summed E-state index contributed by atoms with van der Waals surface area (Å²) < 4.78 is 1.90. The lowest BCUT2D eigenvalue weighted by molar-refractivity contribution is -0.136. The quantitative estimate of drug-likeness (QED) is 0.290. The summed E-state index contributed by atoms with van der Waals surface area (Å²) in [6, 6.07) is 21.5. The molecule has 3 aromatic carbocycles. The maximum absolute atomic E-state index is 13.3. The van der Waals surface area contributed by atoms with E-state index in [0.717, 1.165) is 37.8 Å². The second kappa shape index (κ2) is 10.4. The first-order valence-electron chi connectivity index (χ1n) is 14.6. The minimum atomic E-state index is -0.540. The molecule has 2 atom stereocenters. The van der Waals surface area contributed by atoms with Crippen molar-refractivity contribution in [3.8, 4) is 5.69 Å². The summed E-state index contributed by atoms with van der Waals surface area (Å²) in [6.45, 7) is 0.0447. The molecule has 3 N–H and O–H groups in total. The fourth-order valence-corrected chi connectivity index (χ4v) is 7.95. The smallest absolute Gasteiger partial charge is 0.251 e. The Hall–Kier alpha value is -3.94. The molecule has 4 saturated carbocycles. The van der Waals surface area contributed by atoms with E-state index in [1.54, 1.807) is 48.7 Å². The molecule has 7 nitrogen and oxygen atoms in total. The summed E-state index contributed by atoms with van der Waals surface area (Å²) in [6.07, 6.45) is 6.33. The van der Waals surface area contributed by atoms with Crippen LogP contribution in [0.1, 0.15) is 58.4 Å². The lowest BCUT2D eigenvalue weighted by Gasteiger charge is -2.58. The third kappa shape index (κ3) is 4.91. The number of para-hydroxylation sites is 1. The van der Waals surface area contributed by atoms with Crippen LogP contribution in [-0.2, 0) is 6.54 Å². The van der Waals surface area contributed by atoms with Gasteiger partial charge in [-0.15, -0.1) is 0 Å². The van der Waals surface area contributed by atoms with Crippen molar-refractivity contribution in [3.05, 3.63) is 111 Å². The van der Waals surface area contributed by atoms with Gasteiger partial charge in [-0.1, -0.05) is 29.8 Å². The average Bonchev–Trinajstić information content (AvgIpc) is 2.98. The minimum absolute atomic E-state index is 0.0447. The number of pyridine rings is 1. The molecule has 0 radical (unpaired) electrons. The molecule has 0 saturated heterocycles. The Balaban J connectivity index is 1.05. The number of rotatable bonds is 6. The molecule has 4 aliphatic rings. The Morgan fingerprint density at radius 1 is 0.905 bits per heavy atom. The molecule has 8 rings (SSSR count). The highest BCUT2D eigenvalue weighted by Gasteiger charge is 2.55. The average molecular weight is 582 g/mol. The Kier molecular flexibility index (Phi) is 6.67. The molecule has 0 aliphatic heterocycles. The molecule has 0 spiro atoms. The molecule has 4 fully saturated rings. The van der Waals surface area contributed by atoms with Gasteiger partial charge in [-0.2, -0.15) is 0 Å². The van der Waals surface area contributed by atoms with Gasteiger partial charge in [-0.05, 0) is 104 Å². The van der Waals surface area contributed by atoms with E-state index in [4.69, 9.17) is 11.6 Å². The van der Waals surface area contributed by atoms with Crippen molar-refractivity contribution in [2.45, 2.75) is 50.3 Å². The number of hydrogen-bond acceptors (Lipinski definition) is 4. The Labute approximate surface area is 248 Å². The van der Waals surface area contributed by atoms with Gasteiger partial charge >= 0.3 is 0 Å². The summed E-state index contributed by atoms with van der Waals surface area (Å²) in [5.74, 6) is 0.748. The molecule has 1 heterocycles. The number of nitrogens with one attached hydrogen (secondary N) is 2. The third-order valence-corrected chi connectivity index (χ3v) is 9.70. The number of carbonyl (C=O) groups excluding carboxylic acids is 2. The number of amides is 2. The van der Waals surface area contributed by atoms with Gasteiger partial charge in [0.15, 0.2) is 5.43 Å². The zero-order valence-corrected chi connectivity index (χ0v) is 23.8. The number of aromatic nitrogens is 1. The van der Waals surface area contributed by atoms with Crippen LogP contribution in [0.15, 0.2) is 83.8 Å². The van der Waals surface area contributed by atoms with E-state index in [1.807, 2.05) is 34.9 Å². The number of nitrogens with zero attached hydrogens (tertiary/aromatic N) is 1. The summed E-state index contributed by atoms with van der Waals surface area (Å²) in [7, 11) is 0. The molecule has 0 unspecified atom stereocenters. The van der Waals surface area contributed by atoms with Crippen molar-refractivity contribution in [3.63, 3.8) is 0 Å². The van der Waals surface area contributed by atoms with Crippen LogP contribution in [0.25, 0.3) is 16.6 Å².